The molecule has 0 radical (unpaired) electrons. The van der Waals surface area contributed by atoms with Crippen LogP contribution >= 0.6 is 0 Å². The molecular weight excluding hydrogens is 336 g/mol. The molecule has 1 aromatic heterocycles. The van der Waals surface area contributed by atoms with Crippen molar-refractivity contribution in [2.45, 2.75) is 31.6 Å². The summed E-state index contributed by atoms with van der Waals surface area (Å²) < 4.78 is 32.0. The van der Waals surface area contributed by atoms with E-state index in [0.717, 1.165) is 16.9 Å². The van der Waals surface area contributed by atoms with Gasteiger partial charge in [0.25, 0.3) is 0 Å². The van der Waals surface area contributed by atoms with Crippen LogP contribution in [0.1, 0.15) is 31.0 Å². The fourth-order valence-corrected chi connectivity index (χ4v) is 3.27. The van der Waals surface area contributed by atoms with Gasteiger partial charge in [0.15, 0.2) is 0 Å². The van der Waals surface area contributed by atoms with Gasteiger partial charge in [-0.3, -0.25) is 0 Å². The molecule has 1 heterocycles. The lowest BCUT2D eigenvalue weighted by Crippen LogP contribution is -2.12. The van der Waals surface area contributed by atoms with Gasteiger partial charge in [0.05, 0.1) is 11.4 Å². The highest BCUT2D eigenvalue weighted by Crippen LogP contribution is 2.26. The number of hydrogen-bond acceptors (Lipinski definition) is 4. The van der Waals surface area contributed by atoms with Crippen LogP contribution in [0.15, 0.2) is 65.6 Å². The number of aryl methyl sites for hydroxylation is 1. The van der Waals surface area contributed by atoms with Crippen molar-refractivity contribution >= 4 is 10.1 Å². The molecule has 0 amide bonds. The summed E-state index contributed by atoms with van der Waals surface area (Å²) in [6, 6.07) is 17.4. The molecule has 0 saturated carbocycles. The number of rotatable bonds is 5. The zero-order chi connectivity index (χ0) is 18.0. The minimum atomic E-state index is -3.93. The van der Waals surface area contributed by atoms with Crippen molar-refractivity contribution in [1.82, 2.24) is 9.78 Å². The molecule has 25 heavy (non-hydrogen) atoms. The van der Waals surface area contributed by atoms with Gasteiger partial charge in [-0.15, -0.1) is 0 Å². The van der Waals surface area contributed by atoms with E-state index in [4.69, 9.17) is 4.18 Å². The van der Waals surface area contributed by atoms with Crippen LogP contribution in [-0.2, 0) is 10.1 Å². The highest BCUT2D eigenvalue weighted by atomic mass is 32.2. The second-order valence-corrected chi connectivity index (χ2v) is 7.71. The molecule has 0 fully saturated rings. The van der Waals surface area contributed by atoms with Crippen molar-refractivity contribution in [1.29, 1.82) is 0 Å². The lowest BCUT2D eigenvalue weighted by molar-refractivity contribution is 0.465. The molecule has 0 saturated heterocycles. The molecule has 3 aromatic rings. The third-order valence-electron chi connectivity index (χ3n) is 3.79. The predicted molar refractivity (Wildman–Crippen MR) is 96.6 cm³/mol. The Kier molecular flexibility index (Phi) is 4.63. The molecule has 0 N–H and O–H groups in total. The molecule has 0 aliphatic rings. The summed E-state index contributed by atoms with van der Waals surface area (Å²) in [5.74, 6) is 0.324. The summed E-state index contributed by atoms with van der Waals surface area (Å²) in [7, 11) is -3.93. The minimum Gasteiger partial charge on any atom is -0.358 e. The van der Waals surface area contributed by atoms with Gasteiger partial charge in [0.2, 0.25) is 5.88 Å². The number of aromatic nitrogens is 2. The second-order valence-electron chi connectivity index (χ2n) is 6.16. The van der Waals surface area contributed by atoms with Crippen LogP contribution in [0.2, 0.25) is 0 Å². The quantitative estimate of drug-likeness (QED) is 0.647. The molecule has 2 aromatic carbocycles. The highest BCUT2D eigenvalue weighted by Gasteiger charge is 2.21. The van der Waals surface area contributed by atoms with E-state index in [1.807, 2.05) is 45.0 Å². The van der Waals surface area contributed by atoms with Gasteiger partial charge in [0.1, 0.15) is 4.90 Å². The second kappa shape index (κ2) is 6.72. The summed E-state index contributed by atoms with van der Waals surface area (Å²) in [5, 5.41) is 4.51. The van der Waals surface area contributed by atoms with E-state index in [-0.39, 0.29) is 16.7 Å². The highest BCUT2D eigenvalue weighted by molar-refractivity contribution is 7.87. The maximum absolute atomic E-state index is 12.6. The van der Waals surface area contributed by atoms with Gasteiger partial charge in [0, 0.05) is 6.07 Å². The standard InChI is InChI=1S/C19H20N2O3S/c1-14(2)18-13-19(21(20-18)16-11-9-15(3)10-12-16)24-25(22,23)17-7-5-4-6-8-17/h4-14H,1-3H3. The Morgan fingerprint density at radius 2 is 1.64 bits per heavy atom. The summed E-state index contributed by atoms with van der Waals surface area (Å²) in [6.07, 6.45) is 0. The molecular formula is C19H20N2O3S. The molecule has 0 aliphatic heterocycles. The van der Waals surface area contributed by atoms with Gasteiger partial charge in [-0.05, 0) is 37.1 Å². The Morgan fingerprint density at radius 3 is 2.24 bits per heavy atom. The Balaban J connectivity index is 2.05. The van der Waals surface area contributed by atoms with Gasteiger partial charge < -0.3 is 4.18 Å². The van der Waals surface area contributed by atoms with Crippen LogP contribution in [0.4, 0.5) is 0 Å². The van der Waals surface area contributed by atoms with Gasteiger partial charge in [-0.25, -0.2) is 0 Å². The number of nitrogens with zero attached hydrogens (tertiary/aromatic N) is 2. The Labute approximate surface area is 148 Å². The van der Waals surface area contributed by atoms with E-state index < -0.39 is 10.1 Å². The van der Waals surface area contributed by atoms with Crippen LogP contribution in [0.5, 0.6) is 5.88 Å². The maximum atomic E-state index is 12.6. The summed E-state index contributed by atoms with van der Waals surface area (Å²) in [6.45, 7) is 5.98. The van der Waals surface area contributed by atoms with Crippen LogP contribution in [0, 0.1) is 6.92 Å². The Morgan fingerprint density at radius 1 is 1.00 bits per heavy atom. The van der Waals surface area contributed by atoms with Crippen molar-refractivity contribution in [2.75, 3.05) is 0 Å². The molecule has 0 atom stereocenters. The van der Waals surface area contributed by atoms with E-state index in [0.29, 0.717) is 0 Å². The number of benzene rings is 2. The van der Waals surface area contributed by atoms with Crippen molar-refractivity contribution < 1.29 is 12.6 Å². The summed E-state index contributed by atoms with van der Waals surface area (Å²) in [5.41, 5.74) is 2.62. The number of hydrogen-bond donors (Lipinski definition) is 0. The zero-order valence-corrected chi connectivity index (χ0v) is 15.2. The fraction of sp³-hybridized carbons (Fsp3) is 0.211. The lowest BCUT2D eigenvalue weighted by atomic mass is 10.1. The molecule has 6 heteroatoms. The van der Waals surface area contributed by atoms with Crippen LogP contribution in [0.3, 0.4) is 0 Å². The Hall–Kier alpha value is -2.60. The summed E-state index contributed by atoms with van der Waals surface area (Å²) in [4.78, 5) is 0.109. The van der Waals surface area contributed by atoms with Gasteiger partial charge >= 0.3 is 10.1 Å². The largest absolute Gasteiger partial charge is 0.358 e. The third-order valence-corrected chi connectivity index (χ3v) is 5.03. The Bertz CT molecular complexity index is 960. The lowest BCUT2D eigenvalue weighted by Gasteiger charge is -2.09. The van der Waals surface area contributed by atoms with E-state index in [1.54, 1.807) is 24.3 Å². The fourth-order valence-electron chi connectivity index (χ4n) is 2.34. The third kappa shape index (κ3) is 3.74. The van der Waals surface area contributed by atoms with Crippen molar-refractivity contribution in [3.05, 3.63) is 71.9 Å². The van der Waals surface area contributed by atoms with Crippen LogP contribution in [0.25, 0.3) is 5.69 Å². The zero-order valence-electron chi connectivity index (χ0n) is 14.4. The SMILES string of the molecule is Cc1ccc(-n2nc(C(C)C)cc2OS(=O)(=O)c2ccccc2)cc1. The first-order chi connectivity index (χ1) is 11.9. The van der Waals surface area contributed by atoms with Gasteiger partial charge in [-0.2, -0.15) is 18.2 Å². The molecule has 0 bridgehead atoms. The monoisotopic (exact) mass is 356 g/mol. The smallest absolute Gasteiger partial charge is 0.340 e. The molecule has 0 aliphatic carbocycles. The van der Waals surface area contributed by atoms with Crippen molar-refractivity contribution in [2.24, 2.45) is 0 Å². The van der Waals surface area contributed by atoms with E-state index in [1.165, 1.54) is 16.8 Å². The first-order valence-corrected chi connectivity index (χ1v) is 9.44. The maximum Gasteiger partial charge on any atom is 0.340 e. The van der Waals surface area contributed by atoms with Crippen molar-refractivity contribution in [3.63, 3.8) is 0 Å². The van der Waals surface area contributed by atoms with Crippen LogP contribution < -0.4 is 4.18 Å². The van der Waals surface area contributed by atoms with E-state index in [2.05, 4.69) is 5.10 Å². The van der Waals surface area contributed by atoms with Gasteiger partial charge in [-0.1, -0.05) is 49.7 Å². The molecule has 130 valence electrons. The normalized spacial score (nSPS) is 11.7. The topological polar surface area (TPSA) is 61.2 Å². The minimum absolute atomic E-state index is 0.109. The first kappa shape index (κ1) is 17.2. The van der Waals surface area contributed by atoms with E-state index >= 15 is 0 Å². The predicted octanol–water partition coefficient (Wildman–Crippen LogP) is 4.07. The van der Waals surface area contributed by atoms with Crippen LogP contribution in [-0.4, -0.2) is 18.2 Å². The average molecular weight is 356 g/mol. The van der Waals surface area contributed by atoms with E-state index in [9.17, 15) is 8.42 Å². The summed E-state index contributed by atoms with van der Waals surface area (Å²) >= 11 is 0. The molecule has 3 rings (SSSR count). The molecule has 0 unspecified atom stereocenters. The molecule has 5 nitrogen and oxygen atoms in total. The first-order valence-electron chi connectivity index (χ1n) is 8.03. The molecule has 0 spiro atoms. The average Bonchev–Trinajstić information content (AvgIpc) is 3.00. The van der Waals surface area contributed by atoms with Crippen molar-refractivity contribution in [3.8, 4) is 11.6 Å².